The molecule has 2 aromatic carbocycles. The molecule has 1 heterocycles. The Labute approximate surface area is 141 Å². The maximum Gasteiger partial charge on any atom is 0.268 e. The number of rotatable bonds is 5. The maximum absolute atomic E-state index is 13.4. The molecule has 1 atom stereocenters. The molecule has 126 valence electrons. The van der Waals surface area contributed by atoms with Gasteiger partial charge >= 0.3 is 0 Å². The van der Waals surface area contributed by atoms with Crippen LogP contribution in [0.1, 0.15) is 25.3 Å². The molecule has 3 rings (SSSR count). The van der Waals surface area contributed by atoms with Gasteiger partial charge in [-0.05, 0) is 36.2 Å². The minimum atomic E-state index is -0.669. The summed E-state index contributed by atoms with van der Waals surface area (Å²) in [6, 6.07) is 11.6. The number of halogens is 1. The zero-order valence-electron chi connectivity index (χ0n) is 13.7. The fourth-order valence-corrected chi connectivity index (χ4v) is 2.90. The molecule has 0 aromatic heterocycles. The minimum Gasteiger partial charge on any atom is -0.478 e. The van der Waals surface area contributed by atoms with Crippen molar-refractivity contribution in [3.63, 3.8) is 0 Å². The number of ether oxygens (including phenoxy) is 1. The molecule has 1 amide bonds. The first kappa shape index (κ1) is 16.3. The van der Waals surface area contributed by atoms with Crippen LogP contribution in [0.15, 0.2) is 42.5 Å². The number of unbranched alkanes of at least 4 members (excludes halogenated alkanes) is 1. The summed E-state index contributed by atoms with van der Waals surface area (Å²) in [6.45, 7) is 2.72. The number of hydrogen-bond acceptors (Lipinski definition) is 3. The van der Waals surface area contributed by atoms with E-state index in [1.165, 1.54) is 12.1 Å². The molecule has 5 heteroatoms. The summed E-state index contributed by atoms with van der Waals surface area (Å²) in [5.41, 5.74) is 7.91. The van der Waals surface area contributed by atoms with Crippen molar-refractivity contribution in [1.82, 2.24) is 0 Å². The van der Waals surface area contributed by atoms with Crippen LogP contribution in [0, 0.1) is 5.82 Å². The molecule has 0 saturated heterocycles. The van der Waals surface area contributed by atoms with Crippen LogP contribution >= 0.6 is 0 Å². The van der Waals surface area contributed by atoms with Crippen LogP contribution in [0.5, 0.6) is 5.75 Å². The average molecular weight is 328 g/mol. The highest BCUT2D eigenvalue weighted by atomic mass is 19.1. The van der Waals surface area contributed by atoms with Crippen LogP contribution in [-0.4, -0.2) is 18.6 Å². The molecule has 0 fully saturated rings. The summed E-state index contributed by atoms with van der Waals surface area (Å²) in [4.78, 5) is 14.6. The molecule has 4 nitrogen and oxygen atoms in total. The van der Waals surface area contributed by atoms with E-state index < -0.39 is 6.10 Å². The smallest absolute Gasteiger partial charge is 0.268 e. The quantitative estimate of drug-likeness (QED) is 0.854. The van der Waals surface area contributed by atoms with E-state index >= 15 is 0 Å². The Hall–Kier alpha value is -2.56. The molecule has 1 aliphatic rings. The molecule has 0 bridgehead atoms. The largest absolute Gasteiger partial charge is 0.478 e. The third-order valence-corrected chi connectivity index (χ3v) is 4.13. The minimum absolute atomic E-state index is 0.0926. The molecule has 1 unspecified atom stereocenters. The molecule has 1 aliphatic heterocycles. The molecule has 0 aliphatic carbocycles. The normalized spacial score (nSPS) is 16.7. The first-order valence-electron chi connectivity index (χ1n) is 8.20. The van der Waals surface area contributed by atoms with Gasteiger partial charge in [-0.3, -0.25) is 4.79 Å². The second kappa shape index (κ2) is 6.91. The van der Waals surface area contributed by atoms with E-state index in [0.717, 1.165) is 24.1 Å². The van der Waals surface area contributed by atoms with Crippen LogP contribution < -0.4 is 15.4 Å². The Kier molecular flexibility index (Phi) is 4.69. The Morgan fingerprint density at radius 2 is 2.08 bits per heavy atom. The number of fused-ring (bicyclic) bond motifs is 1. The second-order valence-electron chi connectivity index (χ2n) is 6.01. The third kappa shape index (κ3) is 3.35. The first-order valence-corrected chi connectivity index (χ1v) is 8.20. The molecule has 0 radical (unpaired) electrons. The number of anilines is 2. The topological polar surface area (TPSA) is 55.6 Å². The molecule has 2 N–H and O–H groups in total. The Balaban J connectivity index is 1.89. The van der Waals surface area contributed by atoms with Gasteiger partial charge in [0.2, 0.25) is 0 Å². The monoisotopic (exact) mass is 328 g/mol. The number of nitrogen functional groups attached to an aromatic ring is 1. The van der Waals surface area contributed by atoms with E-state index in [9.17, 15) is 9.18 Å². The number of benzene rings is 2. The van der Waals surface area contributed by atoms with Crippen molar-refractivity contribution < 1.29 is 13.9 Å². The summed E-state index contributed by atoms with van der Waals surface area (Å²) in [5, 5.41) is 0. The van der Waals surface area contributed by atoms with Crippen LogP contribution in [0.2, 0.25) is 0 Å². The summed E-state index contributed by atoms with van der Waals surface area (Å²) < 4.78 is 19.3. The fourth-order valence-electron chi connectivity index (χ4n) is 2.90. The zero-order valence-corrected chi connectivity index (χ0v) is 13.7. The van der Waals surface area contributed by atoms with Gasteiger partial charge in [0.15, 0.2) is 6.10 Å². The van der Waals surface area contributed by atoms with Gasteiger partial charge in [-0.25, -0.2) is 4.39 Å². The van der Waals surface area contributed by atoms with Crippen molar-refractivity contribution in [2.24, 2.45) is 0 Å². The summed E-state index contributed by atoms with van der Waals surface area (Å²) >= 11 is 0. The lowest BCUT2D eigenvalue weighted by molar-refractivity contribution is -0.126. The predicted octanol–water partition coefficient (Wildman–Crippen LogP) is 3.54. The number of nitrogens with zero attached hydrogens (tertiary/aromatic N) is 1. The van der Waals surface area contributed by atoms with Gasteiger partial charge in [-0.15, -0.1) is 0 Å². The van der Waals surface area contributed by atoms with Crippen molar-refractivity contribution in [2.75, 3.05) is 17.2 Å². The van der Waals surface area contributed by atoms with Crippen molar-refractivity contribution in [3.05, 3.63) is 53.8 Å². The average Bonchev–Trinajstić information content (AvgIpc) is 2.55. The number of amides is 1. The maximum atomic E-state index is 13.4. The van der Waals surface area contributed by atoms with E-state index in [4.69, 9.17) is 10.5 Å². The highest BCUT2D eigenvalue weighted by molar-refractivity contribution is 6.00. The zero-order chi connectivity index (χ0) is 17.1. The van der Waals surface area contributed by atoms with Gasteiger partial charge in [0.05, 0.1) is 5.69 Å². The van der Waals surface area contributed by atoms with Crippen molar-refractivity contribution >= 4 is 17.3 Å². The van der Waals surface area contributed by atoms with Gasteiger partial charge < -0.3 is 15.4 Å². The van der Waals surface area contributed by atoms with Crippen molar-refractivity contribution in [2.45, 2.75) is 32.3 Å². The highest BCUT2D eigenvalue weighted by Crippen LogP contribution is 2.36. The molecule has 24 heavy (non-hydrogen) atoms. The molecular formula is C19H21FN2O2. The molecular weight excluding hydrogens is 307 g/mol. The predicted molar refractivity (Wildman–Crippen MR) is 92.6 cm³/mol. The lowest BCUT2D eigenvalue weighted by Gasteiger charge is -2.34. The van der Waals surface area contributed by atoms with E-state index in [1.807, 2.05) is 6.07 Å². The van der Waals surface area contributed by atoms with Gasteiger partial charge in [0, 0.05) is 24.7 Å². The second-order valence-corrected chi connectivity index (χ2v) is 6.01. The van der Waals surface area contributed by atoms with Crippen LogP contribution in [0.25, 0.3) is 0 Å². The van der Waals surface area contributed by atoms with Crippen LogP contribution in [-0.2, 0) is 11.2 Å². The number of nitrogens with two attached hydrogens (primary N) is 1. The van der Waals surface area contributed by atoms with E-state index in [1.54, 1.807) is 29.2 Å². The summed E-state index contributed by atoms with van der Waals surface area (Å²) in [6.07, 6.45) is 1.55. The number of hydrogen-bond donors (Lipinski definition) is 1. The standard InChI is InChI=1S/C19H21FN2O2/c1-2-3-9-22-16-8-7-15(21)12-17(16)24-18(19(22)23)11-13-5-4-6-14(20)10-13/h4-8,10,12,18H,2-3,9,11,21H2,1H3. The van der Waals surface area contributed by atoms with Gasteiger partial charge in [-0.1, -0.05) is 25.5 Å². The Bertz CT molecular complexity index is 748. The van der Waals surface area contributed by atoms with Crippen LogP contribution in [0.4, 0.5) is 15.8 Å². The van der Waals surface area contributed by atoms with E-state index in [0.29, 0.717) is 24.4 Å². The Morgan fingerprint density at radius 3 is 2.83 bits per heavy atom. The molecule has 2 aromatic rings. The number of carbonyl (C=O) groups is 1. The third-order valence-electron chi connectivity index (χ3n) is 4.13. The van der Waals surface area contributed by atoms with Gasteiger partial charge in [0.1, 0.15) is 11.6 Å². The molecule has 0 spiro atoms. The van der Waals surface area contributed by atoms with Crippen molar-refractivity contribution in [1.29, 1.82) is 0 Å². The SMILES string of the molecule is CCCCN1C(=O)C(Cc2cccc(F)c2)Oc2cc(N)ccc21. The lowest BCUT2D eigenvalue weighted by atomic mass is 10.0. The molecule has 0 saturated carbocycles. The van der Waals surface area contributed by atoms with Gasteiger partial charge in [-0.2, -0.15) is 0 Å². The van der Waals surface area contributed by atoms with Crippen LogP contribution in [0.3, 0.4) is 0 Å². The van der Waals surface area contributed by atoms with Gasteiger partial charge in [0.25, 0.3) is 5.91 Å². The highest BCUT2D eigenvalue weighted by Gasteiger charge is 2.34. The fraction of sp³-hybridized carbons (Fsp3) is 0.316. The first-order chi connectivity index (χ1) is 11.6. The summed E-state index contributed by atoms with van der Waals surface area (Å²) in [5.74, 6) is 0.195. The van der Waals surface area contributed by atoms with E-state index in [2.05, 4.69) is 6.92 Å². The van der Waals surface area contributed by atoms with E-state index in [-0.39, 0.29) is 11.7 Å². The lowest BCUT2D eigenvalue weighted by Crippen LogP contribution is -2.47. The van der Waals surface area contributed by atoms with Crippen molar-refractivity contribution in [3.8, 4) is 5.75 Å². The number of carbonyl (C=O) groups excluding carboxylic acids is 1. The Morgan fingerprint density at radius 1 is 1.25 bits per heavy atom. The summed E-state index contributed by atoms with van der Waals surface area (Å²) in [7, 11) is 0.